The van der Waals surface area contributed by atoms with E-state index < -0.39 is 0 Å². The van der Waals surface area contributed by atoms with Crippen molar-refractivity contribution < 1.29 is 5.11 Å². The Kier molecular flexibility index (Phi) is 2.92. The molecule has 90 valence electrons. The summed E-state index contributed by atoms with van der Waals surface area (Å²) in [5.41, 5.74) is 4.25. The van der Waals surface area contributed by atoms with Crippen molar-refractivity contribution in [1.29, 1.82) is 0 Å². The van der Waals surface area contributed by atoms with E-state index in [1.165, 1.54) is 5.56 Å². The quantitative estimate of drug-likeness (QED) is 0.813. The summed E-state index contributed by atoms with van der Waals surface area (Å²) in [4.78, 5) is 4.50. The second kappa shape index (κ2) is 4.11. The standard InChI is InChI=1S/C15H19NO/c1-10-7-11(9-17)13-8-12(15(2,3)4)5-6-14(13)16-10/h5-8,17H,9H2,1-4H3. The van der Waals surface area contributed by atoms with Gasteiger partial charge in [-0.25, -0.2) is 0 Å². The fourth-order valence-electron chi connectivity index (χ4n) is 2.04. The predicted octanol–water partition coefficient (Wildman–Crippen LogP) is 3.33. The largest absolute Gasteiger partial charge is 0.392 e. The summed E-state index contributed by atoms with van der Waals surface area (Å²) in [6.07, 6.45) is 0. The highest BCUT2D eigenvalue weighted by Gasteiger charge is 2.15. The normalized spacial score (nSPS) is 12.1. The molecule has 17 heavy (non-hydrogen) atoms. The number of fused-ring (bicyclic) bond motifs is 1. The van der Waals surface area contributed by atoms with E-state index >= 15 is 0 Å². The van der Waals surface area contributed by atoms with Gasteiger partial charge in [-0.05, 0) is 41.7 Å². The van der Waals surface area contributed by atoms with Crippen LogP contribution < -0.4 is 0 Å². The lowest BCUT2D eigenvalue weighted by Gasteiger charge is -2.20. The number of aryl methyl sites for hydroxylation is 1. The fourth-order valence-corrected chi connectivity index (χ4v) is 2.04. The molecule has 2 aromatic rings. The molecule has 0 fully saturated rings. The van der Waals surface area contributed by atoms with Gasteiger partial charge in [0.25, 0.3) is 0 Å². The highest BCUT2D eigenvalue weighted by Crippen LogP contribution is 2.27. The van der Waals surface area contributed by atoms with E-state index in [-0.39, 0.29) is 12.0 Å². The van der Waals surface area contributed by atoms with Crippen LogP contribution in [0.4, 0.5) is 0 Å². The third-order valence-electron chi connectivity index (χ3n) is 3.06. The SMILES string of the molecule is Cc1cc(CO)c2cc(C(C)(C)C)ccc2n1. The summed E-state index contributed by atoms with van der Waals surface area (Å²) in [7, 11) is 0. The Morgan fingerprint density at radius 2 is 1.88 bits per heavy atom. The number of aromatic nitrogens is 1. The lowest BCUT2D eigenvalue weighted by Crippen LogP contribution is -2.11. The number of benzene rings is 1. The van der Waals surface area contributed by atoms with Gasteiger partial charge in [0.2, 0.25) is 0 Å². The molecule has 0 aliphatic rings. The topological polar surface area (TPSA) is 33.1 Å². The maximum absolute atomic E-state index is 9.43. The first-order chi connectivity index (χ1) is 7.91. The highest BCUT2D eigenvalue weighted by molar-refractivity contribution is 5.83. The first kappa shape index (κ1) is 12.1. The molecule has 0 atom stereocenters. The molecule has 0 saturated heterocycles. The molecule has 0 saturated carbocycles. The summed E-state index contributed by atoms with van der Waals surface area (Å²) in [5, 5.41) is 10.5. The molecule has 0 amide bonds. The van der Waals surface area contributed by atoms with E-state index in [4.69, 9.17) is 0 Å². The van der Waals surface area contributed by atoms with Crippen LogP contribution in [0.25, 0.3) is 10.9 Å². The second-order valence-corrected chi connectivity index (χ2v) is 5.56. The van der Waals surface area contributed by atoms with Crippen LogP contribution in [-0.4, -0.2) is 10.1 Å². The molecule has 0 aliphatic carbocycles. The van der Waals surface area contributed by atoms with Crippen LogP contribution in [0.3, 0.4) is 0 Å². The molecule has 0 spiro atoms. The first-order valence-corrected chi connectivity index (χ1v) is 5.93. The molecule has 1 aromatic carbocycles. The average molecular weight is 229 g/mol. The Hall–Kier alpha value is -1.41. The van der Waals surface area contributed by atoms with E-state index in [9.17, 15) is 5.11 Å². The van der Waals surface area contributed by atoms with Crippen molar-refractivity contribution in [2.45, 2.75) is 39.7 Å². The molecule has 2 nitrogen and oxygen atoms in total. The van der Waals surface area contributed by atoms with Gasteiger partial charge in [0.1, 0.15) is 0 Å². The second-order valence-electron chi connectivity index (χ2n) is 5.56. The molecule has 0 radical (unpaired) electrons. The molecule has 2 heteroatoms. The zero-order valence-corrected chi connectivity index (χ0v) is 10.9. The Labute approximate surface area is 102 Å². The van der Waals surface area contributed by atoms with Crippen molar-refractivity contribution in [3.8, 4) is 0 Å². The summed E-state index contributed by atoms with van der Waals surface area (Å²) >= 11 is 0. The van der Waals surface area contributed by atoms with Crippen molar-refractivity contribution in [3.63, 3.8) is 0 Å². The van der Waals surface area contributed by atoms with Gasteiger partial charge < -0.3 is 5.11 Å². The Morgan fingerprint density at radius 1 is 1.18 bits per heavy atom. The van der Waals surface area contributed by atoms with Crippen LogP contribution in [0.5, 0.6) is 0 Å². The summed E-state index contributed by atoms with van der Waals surface area (Å²) in [6.45, 7) is 8.58. The third-order valence-corrected chi connectivity index (χ3v) is 3.06. The van der Waals surface area contributed by atoms with Gasteiger partial charge in [-0.3, -0.25) is 4.98 Å². The van der Waals surface area contributed by atoms with Gasteiger partial charge in [0.05, 0.1) is 12.1 Å². The molecule has 2 rings (SSSR count). The summed E-state index contributed by atoms with van der Waals surface area (Å²) in [6, 6.07) is 8.26. The van der Waals surface area contributed by atoms with Crippen molar-refractivity contribution in [1.82, 2.24) is 4.98 Å². The molecular weight excluding hydrogens is 210 g/mol. The molecule has 1 N–H and O–H groups in total. The van der Waals surface area contributed by atoms with Crippen molar-refractivity contribution in [2.24, 2.45) is 0 Å². The van der Waals surface area contributed by atoms with E-state index in [1.54, 1.807) is 0 Å². The summed E-state index contributed by atoms with van der Waals surface area (Å²) in [5.74, 6) is 0. The third kappa shape index (κ3) is 2.32. The van der Waals surface area contributed by atoms with Crippen LogP contribution >= 0.6 is 0 Å². The van der Waals surface area contributed by atoms with Crippen molar-refractivity contribution >= 4 is 10.9 Å². The number of aliphatic hydroxyl groups is 1. The summed E-state index contributed by atoms with van der Waals surface area (Å²) < 4.78 is 0. The van der Waals surface area contributed by atoms with Gasteiger partial charge in [-0.1, -0.05) is 26.8 Å². The van der Waals surface area contributed by atoms with Gasteiger partial charge in [-0.15, -0.1) is 0 Å². The van der Waals surface area contributed by atoms with Gasteiger partial charge in [-0.2, -0.15) is 0 Å². The van der Waals surface area contributed by atoms with E-state index in [0.717, 1.165) is 22.2 Å². The van der Waals surface area contributed by atoms with E-state index in [2.05, 4.69) is 37.9 Å². The van der Waals surface area contributed by atoms with Crippen LogP contribution in [-0.2, 0) is 12.0 Å². The number of hydrogen-bond donors (Lipinski definition) is 1. The molecular formula is C15H19NO. The Morgan fingerprint density at radius 3 is 2.47 bits per heavy atom. The van der Waals surface area contributed by atoms with E-state index in [1.807, 2.05) is 19.1 Å². The minimum Gasteiger partial charge on any atom is -0.392 e. The number of nitrogens with zero attached hydrogens (tertiary/aromatic N) is 1. The van der Waals surface area contributed by atoms with Gasteiger partial charge >= 0.3 is 0 Å². The smallest absolute Gasteiger partial charge is 0.0709 e. The molecule has 1 aromatic heterocycles. The molecule has 0 unspecified atom stereocenters. The van der Waals surface area contributed by atoms with Crippen LogP contribution in [0.2, 0.25) is 0 Å². The highest BCUT2D eigenvalue weighted by atomic mass is 16.3. The van der Waals surface area contributed by atoms with Gasteiger partial charge in [0.15, 0.2) is 0 Å². The number of pyridine rings is 1. The Balaban J connectivity index is 2.72. The zero-order valence-electron chi connectivity index (χ0n) is 10.9. The lowest BCUT2D eigenvalue weighted by atomic mass is 9.86. The van der Waals surface area contributed by atoms with Gasteiger partial charge in [0, 0.05) is 11.1 Å². The fraction of sp³-hybridized carbons (Fsp3) is 0.400. The maximum Gasteiger partial charge on any atom is 0.0709 e. The number of rotatable bonds is 1. The number of hydrogen-bond acceptors (Lipinski definition) is 2. The lowest BCUT2D eigenvalue weighted by molar-refractivity contribution is 0.283. The molecule has 0 aliphatic heterocycles. The first-order valence-electron chi connectivity index (χ1n) is 5.93. The van der Waals surface area contributed by atoms with Crippen molar-refractivity contribution in [2.75, 3.05) is 0 Å². The predicted molar refractivity (Wildman–Crippen MR) is 71.1 cm³/mol. The molecule has 0 bridgehead atoms. The number of aliphatic hydroxyl groups excluding tert-OH is 1. The monoisotopic (exact) mass is 229 g/mol. The zero-order chi connectivity index (χ0) is 12.6. The average Bonchev–Trinajstić information content (AvgIpc) is 2.25. The van der Waals surface area contributed by atoms with Crippen LogP contribution in [0, 0.1) is 6.92 Å². The molecule has 1 heterocycles. The maximum atomic E-state index is 9.43. The van der Waals surface area contributed by atoms with Crippen LogP contribution in [0.15, 0.2) is 24.3 Å². The van der Waals surface area contributed by atoms with Crippen molar-refractivity contribution in [3.05, 3.63) is 41.1 Å². The minimum atomic E-state index is 0.0630. The van der Waals surface area contributed by atoms with E-state index in [0.29, 0.717) is 0 Å². The minimum absolute atomic E-state index is 0.0630. The van der Waals surface area contributed by atoms with Crippen LogP contribution in [0.1, 0.15) is 37.6 Å². The Bertz CT molecular complexity index is 553.